The van der Waals surface area contributed by atoms with Crippen LogP contribution in [0.1, 0.15) is 36.5 Å². The fourth-order valence-corrected chi connectivity index (χ4v) is 1.61. The predicted octanol–water partition coefficient (Wildman–Crippen LogP) is 3.98. The molecule has 0 heteroatoms. The molecule has 0 aliphatic carbocycles. The molecule has 1 aromatic rings. The van der Waals surface area contributed by atoms with Crippen LogP contribution in [-0.2, 0) is 6.42 Å². The molecule has 0 aliphatic rings. The van der Waals surface area contributed by atoms with E-state index in [2.05, 4.69) is 38.6 Å². The van der Waals surface area contributed by atoms with Gasteiger partial charge in [0.25, 0.3) is 0 Å². The second kappa shape index (κ2) is 4.86. The summed E-state index contributed by atoms with van der Waals surface area (Å²) in [7, 11) is 0. The molecule has 70 valence electrons. The van der Waals surface area contributed by atoms with Gasteiger partial charge in [0.05, 0.1) is 0 Å². The number of benzene rings is 1. The van der Waals surface area contributed by atoms with Gasteiger partial charge in [-0.3, -0.25) is 0 Å². The molecule has 0 aromatic heterocycles. The van der Waals surface area contributed by atoms with Gasteiger partial charge in [-0.1, -0.05) is 44.2 Å². The van der Waals surface area contributed by atoms with Crippen LogP contribution in [0.25, 0.3) is 6.08 Å². The molecule has 0 saturated carbocycles. The van der Waals surface area contributed by atoms with E-state index in [1.165, 1.54) is 36.0 Å². The second-order valence-electron chi connectivity index (χ2n) is 3.45. The maximum Gasteiger partial charge on any atom is -0.0228 e. The van der Waals surface area contributed by atoms with Gasteiger partial charge in [-0.2, -0.15) is 0 Å². The Morgan fingerprint density at radius 3 is 2.77 bits per heavy atom. The number of hydrogen-bond donors (Lipinski definition) is 0. The van der Waals surface area contributed by atoms with Crippen LogP contribution in [-0.4, -0.2) is 0 Å². The Bertz CT molecular complexity index is 284. The number of hydrogen-bond acceptors (Lipinski definition) is 0. The summed E-state index contributed by atoms with van der Waals surface area (Å²) in [5, 5.41) is 0. The highest BCUT2D eigenvalue weighted by Crippen LogP contribution is 2.17. The van der Waals surface area contributed by atoms with E-state index in [4.69, 9.17) is 0 Å². The third kappa shape index (κ3) is 2.45. The van der Waals surface area contributed by atoms with Crippen molar-refractivity contribution in [3.63, 3.8) is 0 Å². The molecule has 0 radical (unpaired) electrons. The molecule has 0 atom stereocenters. The zero-order chi connectivity index (χ0) is 9.68. The van der Waals surface area contributed by atoms with E-state index in [1.54, 1.807) is 0 Å². The van der Waals surface area contributed by atoms with E-state index in [0.29, 0.717) is 0 Å². The van der Waals surface area contributed by atoms with Gasteiger partial charge < -0.3 is 0 Å². The first-order chi connectivity index (χ1) is 6.29. The Labute approximate surface area is 81.3 Å². The smallest absolute Gasteiger partial charge is 0.0228 e. The number of rotatable bonds is 4. The van der Waals surface area contributed by atoms with Crippen molar-refractivity contribution in [2.75, 3.05) is 0 Å². The van der Waals surface area contributed by atoms with Crippen molar-refractivity contribution in [2.24, 2.45) is 0 Å². The molecule has 0 amide bonds. The summed E-state index contributed by atoms with van der Waals surface area (Å²) in [5.41, 5.74) is 4.17. The number of aryl methyl sites for hydroxylation is 1. The van der Waals surface area contributed by atoms with Crippen molar-refractivity contribution >= 4 is 6.08 Å². The lowest BCUT2D eigenvalue weighted by molar-refractivity contribution is 0.790. The summed E-state index contributed by atoms with van der Waals surface area (Å²) < 4.78 is 0. The predicted molar refractivity (Wildman–Crippen MR) is 59.9 cm³/mol. The Balaban J connectivity index is 2.93. The Hall–Kier alpha value is -1.04. The van der Waals surface area contributed by atoms with Crippen LogP contribution in [0.5, 0.6) is 0 Å². The van der Waals surface area contributed by atoms with Crippen LogP contribution < -0.4 is 0 Å². The van der Waals surface area contributed by atoms with Crippen molar-refractivity contribution in [3.05, 3.63) is 41.5 Å². The molecule has 0 nitrogen and oxygen atoms in total. The van der Waals surface area contributed by atoms with Gasteiger partial charge in [0.1, 0.15) is 0 Å². The van der Waals surface area contributed by atoms with Gasteiger partial charge in [-0.05, 0) is 36.5 Å². The lowest BCUT2D eigenvalue weighted by Gasteiger charge is -2.08. The normalized spacial score (nSPS) is 10.0. The molecule has 0 fully saturated rings. The molecule has 0 saturated heterocycles. The average Bonchev–Trinajstić information content (AvgIpc) is 2.15. The van der Waals surface area contributed by atoms with Crippen LogP contribution in [0.15, 0.2) is 24.8 Å². The van der Waals surface area contributed by atoms with Crippen LogP contribution in [0.3, 0.4) is 0 Å². The molecular weight excluding hydrogens is 156 g/mol. The minimum atomic E-state index is 1.19. The Morgan fingerprint density at radius 1 is 1.38 bits per heavy atom. The van der Waals surface area contributed by atoms with E-state index >= 15 is 0 Å². The van der Waals surface area contributed by atoms with E-state index in [-0.39, 0.29) is 0 Å². The maximum absolute atomic E-state index is 3.84. The van der Waals surface area contributed by atoms with Crippen molar-refractivity contribution in [2.45, 2.75) is 33.1 Å². The van der Waals surface area contributed by atoms with Gasteiger partial charge in [0.2, 0.25) is 0 Å². The third-order valence-corrected chi connectivity index (χ3v) is 2.45. The van der Waals surface area contributed by atoms with Crippen molar-refractivity contribution < 1.29 is 0 Å². The van der Waals surface area contributed by atoms with Crippen LogP contribution in [0, 0.1) is 6.92 Å². The average molecular weight is 174 g/mol. The molecule has 0 spiro atoms. The SMILES string of the molecule is C=Cc1cccc(C)c1CCCC. The molecule has 13 heavy (non-hydrogen) atoms. The van der Waals surface area contributed by atoms with Gasteiger partial charge in [-0.25, -0.2) is 0 Å². The summed E-state index contributed by atoms with van der Waals surface area (Å²) in [4.78, 5) is 0. The summed E-state index contributed by atoms with van der Waals surface area (Å²) >= 11 is 0. The van der Waals surface area contributed by atoms with E-state index in [9.17, 15) is 0 Å². The van der Waals surface area contributed by atoms with Crippen LogP contribution in [0.4, 0.5) is 0 Å². The van der Waals surface area contributed by atoms with Crippen molar-refractivity contribution in [1.82, 2.24) is 0 Å². The molecule has 1 rings (SSSR count). The lowest BCUT2D eigenvalue weighted by atomic mass is 9.97. The molecular formula is C13H18. The topological polar surface area (TPSA) is 0 Å². The maximum atomic E-state index is 3.84. The summed E-state index contributed by atoms with van der Waals surface area (Å²) in [6.45, 7) is 8.25. The Kier molecular flexibility index (Phi) is 3.75. The van der Waals surface area contributed by atoms with E-state index < -0.39 is 0 Å². The molecule has 0 unspecified atom stereocenters. The first-order valence-corrected chi connectivity index (χ1v) is 5.00. The highest BCUT2D eigenvalue weighted by molar-refractivity contribution is 5.54. The lowest BCUT2D eigenvalue weighted by Crippen LogP contribution is -1.93. The quantitative estimate of drug-likeness (QED) is 0.647. The van der Waals surface area contributed by atoms with Crippen LogP contribution >= 0.6 is 0 Å². The van der Waals surface area contributed by atoms with Gasteiger partial charge in [0.15, 0.2) is 0 Å². The summed E-state index contributed by atoms with van der Waals surface area (Å²) in [6.07, 6.45) is 5.67. The van der Waals surface area contributed by atoms with Gasteiger partial charge in [0, 0.05) is 0 Å². The standard InChI is InChI=1S/C13H18/c1-4-6-10-13-11(3)8-7-9-12(13)5-2/h5,7-9H,2,4,6,10H2,1,3H3. The highest BCUT2D eigenvalue weighted by Gasteiger charge is 2.01. The fourth-order valence-electron chi connectivity index (χ4n) is 1.61. The van der Waals surface area contributed by atoms with E-state index in [1.807, 2.05) is 6.08 Å². The zero-order valence-electron chi connectivity index (χ0n) is 8.64. The summed E-state index contributed by atoms with van der Waals surface area (Å²) in [5.74, 6) is 0. The first-order valence-electron chi connectivity index (χ1n) is 5.00. The molecule has 1 aromatic carbocycles. The minimum Gasteiger partial charge on any atom is -0.0985 e. The minimum absolute atomic E-state index is 1.19. The molecule has 0 bridgehead atoms. The molecule has 0 aliphatic heterocycles. The monoisotopic (exact) mass is 174 g/mol. The summed E-state index contributed by atoms with van der Waals surface area (Å²) in [6, 6.07) is 6.42. The molecule has 0 N–H and O–H groups in total. The van der Waals surface area contributed by atoms with Crippen LogP contribution in [0.2, 0.25) is 0 Å². The fraction of sp³-hybridized carbons (Fsp3) is 0.385. The largest absolute Gasteiger partial charge is 0.0985 e. The van der Waals surface area contributed by atoms with Gasteiger partial charge in [-0.15, -0.1) is 0 Å². The van der Waals surface area contributed by atoms with Gasteiger partial charge >= 0.3 is 0 Å². The highest BCUT2D eigenvalue weighted by atomic mass is 14.1. The second-order valence-corrected chi connectivity index (χ2v) is 3.45. The van der Waals surface area contributed by atoms with Crippen molar-refractivity contribution in [1.29, 1.82) is 0 Å². The zero-order valence-corrected chi connectivity index (χ0v) is 8.64. The molecule has 0 heterocycles. The first kappa shape index (κ1) is 10.0. The van der Waals surface area contributed by atoms with Crippen molar-refractivity contribution in [3.8, 4) is 0 Å². The Morgan fingerprint density at radius 2 is 2.15 bits per heavy atom. The third-order valence-electron chi connectivity index (χ3n) is 2.45. The number of unbranched alkanes of at least 4 members (excludes halogenated alkanes) is 1. The van der Waals surface area contributed by atoms with E-state index in [0.717, 1.165) is 0 Å².